The van der Waals surface area contributed by atoms with E-state index in [4.69, 9.17) is 5.73 Å². The maximum absolute atomic E-state index is 5.65. The summed E-state index contributed by atoms with van der Waals surface area (Å²) in [7, 11) is 0. The summed E-state index contributed by atoms with van der Waals surface area (Å²) in [4.78, 5) is 7.96. The largest absolute Gasteiger partial charge is 0.383 e. The minimum atomic E-state index is 0. The maximum atomic E-state index is 5.65. The Hall–Kier alpha value is -1.55. The molecule has 0 bridgehead atoms. The molecule has 0 saturated carbocycles. The Labute approximate surface area is 82.0 Å². The van der Waals surface area contributed by atoms with E-state index in [1.165, 1.54) is 6.33 Å². The number of nitrogens with two attached hydrogens (primary N) is 1. The van der Waals surface area contributed by atoms with Gasteiger partial charge in [-0.1, -0.05) is 0 Å². The Morgan fingerprint density at radius 3 is 2.77 bits per heavy atom. The molecule has 0 unspecified atom stereocenters. The molecule has 1 aromatic rings. The number of nitrogens with zero attached hydrogens (tertiary/aromatic N) is 2. The van der Waals surface area contributed by atoms with Crippen molar-refractivity contribution >= 4 is 30.4 Å². The monoisotopic (exact) mass is 196 g/mol. The van der Waals surface area contributed by atoms with Crippen LogP contribution in [0, 0.1) is 0 Å². The molecule has 0 amide bonds. The molecule has 3 N–H and O–H groups in total. The number of hydrogen-bond donors (Lipinski definition) is 2. The SMILES string of the molecule is Cl.Nc1ncnc2c1C=CNC=C2. The molecule has 2 rings (SSSR count). The molecular formula is C8H9ClN4. The number of anilines is 1. The van der Waals surface area contributed by atoms with Gasteiger partial charge in [-0.3, -0.25) is 0 Å². The van der Waals surface area contributed by atoms with E-state index in [1.807, 2.05) is 12.2 Å². The van der Waals surface area contributed by atoms with Gasteiger partial charge in [0.05, 0.1) is 5.69 Å². The molecule has 0 atom stereocenters. The number of halogens is 1. The first-order valence-electron chi connectivity index (χ1n) is 3.57. The van der Waals surface area contributed by atoms with E-state index in [9.17, 15) is 0 Å². The quantitative estimate of drug-likeness (QED) is 0.651. The number of nitrogen functional groups attached to an aromatic ring is 1. The molecule has 1 aromatic heterocycles. The number of nitrogens with one attached hydrogen (secondary N) is 1. The van der Waals surface area contributed by atoms with Gasteiger partial charge in [0, 0.05) is 18.0 Å². The van der Waals surface area contributed by atoms with Crippen LogP contribution in [0.15, 0.2) is 18.7 Å². The van der Waals surface area contributed by atoms with Crippen LogP contribution in [0.3, 0.4) is 0 Å². The fourth-order valence-corrected chi connectivity index (χ4v) is 1.04. The van der Waals surface area contributed by atoms with Crippen molar-refractivity contribution in [1.29, 1.82) is 0 Å². The lowest BCUT2D eigenvalue weighted by molar-refractivity contribution is 1.15. The van der Waals surface area contributed by atoms with Crippen molar-refractivity contribution in [2.24, 2.45) is 0 Å². The predicted octanol–water partition coefficient (Wildman–Crippen LogP) is 1.03. The Balaban J connectivity index is 0.000000845. The normalized spacial score (nSPS) is 12.3. The minimum Gasteiger partial charge on any atom is -0.383 e. The molecule has 4 nitrogen and oxygen atoms in total. The Bertz CT molecular complexity index is 359. The van der Waals surface area contributed by atoms with Crippen LogP contribution in [-0.2, 0) is 0 Å². The first-order valence-corrected chi connectivity index (χ1v) is 3.57. The Morgan fingerprint density at radius 2 is 1.92 bits per heavy atom. The van der Waals surface area contributed by atoms with E-state index in [-0.39, 0.29) is 12.4 Å². The van der Waals surface area contributed by atoms with Crippen LogP contribution in [0.5, 0.6) is 0 Å². The van der Waals surface area contributed by atoms with Crippen LogP contribution >= 0.6 is 12.4 Å². The van der Waals surface area contributed by atoms with E-state index < -0.39 is 0 Å². The molecule has 68 valence electrons. The van der Waals surface area contributed by atoms with Crippen LogP contribution in [-0.4, -0.2) is 9.97 Å². The summed E-state index contributed by atoms with van der Waals surface area (Å²) >= 11 is 0. The number of hydrogen-bond acceptors (Lipinski definition) is 4. The summed E-state index contributed by atoms with van der Waals surface area (Å²) in [5, 5.41) is 2.94. The molecule has 0 fully saturated rings. The summed E-state index contributed by atoms with van der Waals surface area (Å²) in [5.41, 5.74) is 7.34. The van der Waals surface area contributed by atoms with Gasteiger partial charge in [0.25, 0.3) is 0 Å². The van der Waals surface area contributed by atoms with E-state index in [2.05, 4.69) is 15.3 Å². The Kier molecular flexibility index (Phi) is 2.87. The highest BCUT2D eigenvalue weighted by Crippen LogP contribution is 2.16. The zero-order chi connectivity index (χ0) is 8.39. The molecule has 5 heteroatoms. The van der Waals surface area contributed by atoms with Gasteiger partial charge in [0.15, 0.2) is 0 Å². The molecule has 0 spiro atoms. The molecule has 0 saturated heterocycles. The first-order chi connectivity index (χ1) is 5.88. The van der Waals surface area contributed by atoms with Gasteiger partial charge in [-0.15, -0.1) is 12.4 Å². The van der Waals surface area contributed by atoms with Crippen LogP contribution in [0.25, 0.3) is 12.2 Å². The van der Waals surface area contributed by atoms with Crippen LogP contribution in [0.4, 0.5) is 5.82 Å². The second-order valence-electron chi connectivity index (χ2n) is 2.39. The second-order valence-corrected chi connectivity index (χ2v) is 2.39. The molecule has 0 radical (unpaired) electrons. The second kappa shape index (κ2) is 3.91. The highest BCUT2D eigenvalue weighted by atomic mass is 35.5. The lowest BCUT2D eigenvalue weighted by atomic mass is 10.2. The van der Waals surface area contributed by atoms with Crippen molar-refractivity contribution in [3.05, 3.63) is 30.0 Å². The molecule has 2 heterocycles. The van der Waals surface area contributed by atoms with Crippen molar-refractivity contribution in [2.75, 3.05) is 5.73 Å². The van der Waals surface area contributed by atoms with Gasteiger partial charge < -0.3 is 11.1 Å². The highest BCUT2D eigenvalue weighted by Gasteiger charge is 2.03. The van der Waals surface area contributed by atoms with Gasteiger partial charge in [-0.2, -0.15) is 0 Å². The van der Waals surface area contributed by atoms with Gasteiger partial charge >= 0.3 is 0 Å². The summed E-state index contributed by atoms with van der Waals surface area (Å²) in [5.74, 6) is 0.504. The minimum absolute atomic E-state index is 0. The van der Waals surface area contributed by atoms with E-state index in [0.29, 0.717) is 5.82 Å². The van der Waals surface area contributed by atoms with Crippen LogP contribution in [0.1, 0.15) is 11.3 Å². The van der Waals surface area contributed by atoms with Crippen LogP contribution < -0.4 is 11.1 Å². The fourth-order valence-electron chi connectivity index (χ4n) is 1.04. The highest BCUT2D eigenvalue weighted by molar-refractivity contribution is 5.85. The standard InChI is InChI=1S/C8H8N4.ClH/c9-8-6-1-3-10-4-2-7(6)11-5-12-8;/h1-5,10H,(H2,9,11,12);1H. The molecule has 1 aliphatic rings. The Morgan fingerprint density at radius 1 is 1.15 bits per heavy atom. The zero-order valence-corrected chi connectivity index (χ0v) is 7.58. The van der Waals surface area contributed by atoms with Crippen molar-refractivity contribution in [2.45, 2.75) is 0 Å². The topological polar surface area (TPSA) is 63.8 Å². The van der Waals surface area contributed by atoms with E-state index in [0.717, 1.165) is 11.3 Å². The number of aromatic nitrogens is 2. The number of fused-ring (bicyclic) bond motifs is 1. The first kappa shape index (κ1) is 9.54. The van der Waals surface area contributed by atoms with Gasteiger partial charge in [-0.05, 0) is 12.2 Å². The van der Waals surface area contributed by atoms with Gasteiger partial charge in [-0.25, -0.2) is 9.97 Å². The van der Waals surface area contributed by atoms with Crippen molar-refractivity contribution in [3.8, 4) is 0 Å². The van der Waals surface area contributed by atoms with Crippen LogP contribution in [0.2, 0.25) is 0 Å². The van der Waals surface area contributed by atoms with E-state index in [1.54, 1.807) is 12.4 Å². The average Bonchev–Trinajstić information content (AvgIpc) is 2.30. The van der Waals surface area contributed by atoms with Gasteiger partial charge in [0.2, 0.25) is 0 Å². The molecule has 13 heavy (non-hydrogen) atoms. The third-order valence-corrected chi connectivity index (χ3v) is 1.63. The van der Waals surface area contributed by atoms with E-state index >= 15 is 0 Å². The molecule has 0 aliphatic carbocycles. The average molecular weight is 197 g/mol. The van der Waals surface area contributed by atoms with Crippen molar-refractivity contribution in [3.63, 3.8) is 0 Å². The summed E-state index contributed by atoms with van der Waals surface area (Å²) in [6.07, 6.45) is 8.76. The molecule has 0 aromatic carbocycles. The lowest BCUT2D eigenvalue weighted by Gasteiger charge is -1.99. The lowest BCUT2D eigenvalue weighted by Crippen LogP contribution is -1.97. The molecule has 1 aliphatic heterocycles. The summed E-state index contributed by atoms with van der Waals surface area (Å²) in [6.45, 7) is 0. The number of rotatable bonds is 0. The third-order valence-electron chi connectivity index (χ3n) is 1.63. The molecular weight excluding hydrogens is 188 g/mol. The van der Waals surface area contributed by atoms with Crippen molar-refractivity contribution < 1.29 is 0 Å². The fraction of sp³-hybridized carbons (Fsp3) is 0. The zero-order valence-electron chi connectivity index (χ0n) is 6.77. The van der Waals surface area contributed by atoms with Crippen molar-refractivity contribution in [1.82, 2.24) is 15.3 Å². The van der Waals surface area contributed by atoms with Gasteiger partial charge in [0.1, 0.15) is 12.1 Å². The maximum Gasteiger partial charge on any atom is 0.134 e. The third kappa shape index (κ3) is 1.78. The summed E-state index contributed by atoms with van der Waals surface area (Å²) in [6, 6.07) is 0. The smallest absolute Gasteiger partial charge is 0.134 e. The predicted molar refractivity (Wildman–Crippen MR) is 54.9 cm³/mol. The summed E-state index contributed by atoms with van der Waals surface area (Å²) < 4.78 is 0.